The highest BCUT2D eigenvalue weighted by molar-refractivity contribution is 5.85. The highest BCUT2D eigenvalue weighted by atomic mass is 16.5. The fourth-order valence-corrected chi connectivity index (χ4v) is 1.99. The SMILES string of the molecule is COC(=O)c1nc(C)cc(N2CCC(O)CC2)n1. The first kappa shape index (κ1) is 12.8. The first-order chi connectivity index (χ1) is 8.60. The zero-order chi connectivity index (χ0) is 13.1. The Bertz CT molecular complexity index is 442. The van der Waals surface area contributed by atoms with Crippen molar-refractivity contribution < 1.29 is 14.6 Å². The number of aliphatic hydroxyl groups is 1. The lowest BCUT2D eigenvalue weighted by molar-refractivity contribution is 0.0586. The Kier molecular flexibility index (Phi) is 3.76. The van der Waals surface area contributed by atoms with E-state index in [2.05, 4.69) is 14.7 Å². The second-order valence-corrected chi connectivity index (χ2v) is 4.40. The van der Waals surface area contributed by atoms with Gasteiger partial charge in [0.2, 0.25) is 5.82 Å². The normalized spacial score (nSPS) is 16.7. The van der Waals surface area contributed by atoms with Gasteiger partial charge in [0, 0.05) is 24.8 Å². The van der Waals surface area contributed by atoms with Gasteiger partial charge in [-0.05, 0) is 19.8 Å². The molecule has 0 radical (unpaired) electrons. The van der Waals surface area contributed by atoms with Crippen LogP contribution in [0.25, 0.3) is 0 Å². The van der Waals surface area contributed by atoms with Gasteiger partial charge in [-0.3, -0.25) is 0 Å². The number of aromatic nitrogens is 2. The molecule has 0 atom stereocenters. The van der Waals surface area contributed by atoms with Gasteiger partial charge in [-0.15, -0.1) is 0 Å². The molecule has 0 unspecified atom stereocenters. The fourth-order valence-electron chi connectivity index (χ4n) is 1.99. The predicted octanol–water partition coefficient (Wildman–Crippen LogP) is 0.533. The number of piperidine rings is 1. The van der Waals surface area contributed by atoms with Crippen LogP contribution in [-0.4, -0.2) is 47.3 Å². The summed E-state index contributed by atoms with van der Waals surface area (Å²) >= 11 is 0. The van der Waals surface area contributed by atoms with E-state index in [1.54, 1.807) is 0 Å². The van der Waals surface area contributed by atoms with Gasteiger partial charge in [0.1, 0.15) is 5.82 Å². The molecule has 0 bridgehead atoms. The number of esters is 1. The van der Waals surface area contributed by atoms with Gasteiger partial charge in [-0.2, -0.15) is 0 Å². The van der Waals surface area contributed by atoms with Crippen molar-refractivity contribution in [3.05, 3.63) is 17.6 Å². The van der Waals surface area contributed by atoms with Crippen LogP contribution in [0.4, 0.5) is 5.82 Å². The van der Waals surface area contributed by atoms with Crippen LogP contribution in [-0.2, 0) is 4.74 Å². The van der Waals surface area contributed by atoms with E-state index in [0.29, 0.717) is 0 Å². The summed E-state index contributed by atoms with van der Waals surface area (Å²) in [6.07, 6.45) is 1.21. The molecule has 1 N–H and O–H groups in total. The number of anilines is 1. The maximum Gasteiger partial charge on any atom is 0.376 e. The number of hydrogen-bond donors (Lipinski definition) is 1. The quantitative estimate of drug-likeness (QED) is 0.773. The molecular weight excluding hydrogens is 234 g/mol. The summed E-state index contributed by atoms with van der Waals surface area (Å²) < 4.78 is 4.63. The fraction of sp³-hybridized carbons (Fsp3) is 0.583. The number of ether oxygens (including phenoxy) is 1. The van der Waals surface area contributed by atoms with E-state index in [0.717, 1.165) is 37.4 Å². The van der Waals surface area contributed by atoms with Crippen molar-refractivity contribution >= 4 is 11.8 Å². The van der Waals surface area contributed by atoms with Crippen molar-refractivity contribution in [1.82, 2.24) is 9.97 Å². The van der Waals surface area contributed by atoms with Gasteiger partial charge in [0.05, 0.1) is 13.2 Å². The molecular formula is C12H17N3O3. The Hall–Kier alpha value is -1.69. The lowest BCUT2D eigenvalue weighted by atomic mass is 10.1. The Morgan fingerprint density at radius 2 is 2.11 bits per heavy atom. The van der Waals surface area contributed by atoms with Crippen LogP contribution in [0.3, 0.4) is 0 Å². The van der Waals surface area contributed by atoms with Crippen LogP contribution < -0.4 is 4.90 Å². The largest absolute Gasteiger partial charge is 0.463 e. The van der Waals surface area contributed by atoms with Crippen molar-refractivity contribution in [2.75, 3.05) is 25.1 Å². The molecule has 1 saturated heterocycles. The van der Waals surface area contributed by atoms with Gasteiger partial charge in [-0.1, -0.05) is 0 Å². The summed E-state index contributed by atoms with van der Waals surface area (Å²) in [4.78, 5) is 21.8. The third kappa shape index (κ3) is 2.76. The third-order valence-electron chi connectivity index (χ3n) is 3.00. The molecule has 1 aliphatic rings. The zero-order valence-electron chi connectivity index (χ0n) is 10.6. The molecule has 98 valence electrons. The van der Waals surface area contributed by atoms with E-state index in [1.165, 1.54) is 7.11 Å². The number of hydrogen-bond acceptors (Lipinski definition) is 6. The molecule has 2 rings (SSSR count). The average Bonchev–Trinajstić information content (AvgIpc) is 2.38. The van der Waals surface area contributed by atoms with E-state index in [-0.39, 0.29) is 11.9 Å². The van der Waals surface area contributed by atoms with Crippen molar-refractivity contribution in [2.24, 2.45) is 0 Å². The standard InChI is InChI=1S/C12H17N3O3/c1-8-7-10(14-11(13-8)12(17)18-2)15-5-3-9(16)4-6-15/h7,9,16H,3-6H2,1-2H3. The molecule has 6 heteroatoms. The minimum Gasteiger partial charge on any atom is -0.463 e. The van der Waals surface area contributed by atoms with E-state index in [4.69, 9.17) is 0 Å². The maximum atomic E-state index is 11.4. The predicted molar refractivity (Wildman–Crippen MR) is 65.6 cm³/mol. The van der Waals surface area contributed by atoms with Crippen LogP contribution in [0.5, 0.6) is 0 Å². The summed E-state index contributed by atoms with van der Waals surface area (Å²) in [6.45, 7) is 3.28. The Morgan fingerprint density at radius 1 is 1.44 bits per heavy atom. The van der Waals surface area contributed by atoms with Crippen LogP contribution in [0, 0.1) is 6.92 Å². The summed E-state index contributed by atoms with van der Waals surface area (Å²) in [6, 6.07) is 1.84. The first-order valence-corrected chi connectivity index (χ1v) is 5.97. The topological polar surface area (TPSA) is 75.5 Å². The molecule has 0 aliphatic carbocycles. The van der Waals surface area contributed by atoms with E-state index in [9.17, 15) is 9.90 Å². The van der Waals surface area contributed by atoms with Gasteiger partial charge in [-0.25, -0.2) is 14.8 Å². The van der Waals surface area contributed by atoms with Gasteiger partial charge in [0.25, 0.3) is 0 Å². The third-order valence-corrected chi connectivity index (χ3v) is 3.00. The molecule has 2 heterocycles. The second-order valence-electron chi connectivity index (χ2n) is 4.40. The van der Waals surface area contributed by atoms with Gasteiger partial charge >= 0.3 is 5.97 Å². The second kappa shape index (κ2) is 5.30. The minimum absolute atomic E-state index is 0.0821. The van der Waals surface area contributed by atoms with Crippen molar-refractivity contribution in [3.8, 4) is 0 Å². The zero-order valence-corrected chi connectivity index (χ0v) is 10.6. The highest BCUT2D eigenvalue weighted by Gasteiger charge is 2.20. The van der Waals surface area contributed by atoms with Crippen molar-refractivity contribution in [2.45, 2.75) is 25.9 Å². The molecule has 0 spiro atoms. The molecule has 18 heavy (non-hydrogen) atoms. The van der Waals surface area contributed by atoms with E-state index < -0.39 is 5.97 Å². The molecule has 1 fully saturated rings. The van der Waals surface area contributed by atoms with Crippen molar-refractivity contribution in [3.63, 3.8) is 0 Å². The Balaban J connectivity index is 2.22. The number of rotatable bonds is 2. The van der Waals surface area contributed by atoms with E-state index in [1.807, 2.05) is 17.9 Å². The van der Waals surface area contributed by atoms with Gasteiger partial charge < -0.3 is 14.7 Å². The molecule has 0 aromatic carbocycles. The molecule has 0 amide bonds. The average molecular weight is 251 g/mol. The number of nitrogens with zero attached hydrogens (tertiary/aromatic N) is 3. The summed E-state index contributed by atoms with van der Waals surface area (Å²) in [5, 5.41) is 9.48. The minimum atomic E-state index is -0.531. The van der Waals surface area contributed by atoms with Crippen molar-refractivity contribution in [1.29, 1.82) is 0 Å². The molecule has 1 aromatic heterocycles. The van der Waals surface area contributed by atoms with Crippen LogP contribution in [0.1, 0.15) is 29.2 Å². The Labute approximate surface area is 106 Å². The summed E-state index contributed by atoms with van der Waals surface area (Å²) in [7, 11) is 1.31. The number of carbonyl (C=O) groups excluding carboxylic acids is 1. The number of methoxy groups -OCH3 is 1. The molecule has 1 aromatic rings. The van der Waals surface area contributed by atoms with Crippen LogP contribution >= 0.6 is 0 Å². The van der Waals surface area contributed by atoms with Crippen LogP contribution in [0.2, 0.25) is 0 Å². The number of aliphatic hydroxyl groups excluding tert-OH is 1. The van der Waals surface area contributed by atoms with E-state index >= 15 is 0 Å². The smallest absolute Gasteiger partial charge is 0.376 e. The monoisotopic (exact) mass is 251 g/mol. The maximum absolute atomic E-state index is 11.4. The Morgan fingerprint density at radius 3 is 2.72 bits per heavy atom. The first-order valence-electron chi connectivity index (χ1n) is 5.97. The lowest BCUT2D eigenvalue weighted by Gasteiger charge is -2.30. The molecule has 1 aliphatic heterocycles. The number of aryl methyl sites for hydroxylation is 1. The highest BCUT2D eigenvalue weighted by Crippen LogP contribution is 2.18. The number of carbonyl (C=O) groups is 1. The molecule has 6 nitrogen and oxygen atoms in total. The summed E-state index contributed by atoms with van der Waals surface area (Å²) in [5.74, 6) is 0.269. The lowest BCUT2D eigenvalue weighted by Crippen LogP contribution is -2.36. The van der Waals surface area contributed by atoms with Gasteiger partial charge in [0.15, 0.2) is 0 Å². The van der Waals surface area contributed by atoms with Crippen LogP contribution in [0.15, 0.2) is 6.07 Å². The molecule has 0 saturated carbocycles. The summed E-state index contributed by atoms with van der Waals surface area (Å²) in [5.41, 5.74) is 0.728.